The van der Waals surface area contributed by atoms with Crippen molar-refractivity contribution < 1.29 is 14.6 Å². The van der Waals surface area contributed by atoms with Crippen molar-refractivity contribution >= 4 is 18.4 Å². The molecule has 2 aromatic rings. The Labute approximate surface area is 130 Å². The van der Waals surface area contributed by atoms with Gasteiger partial charge in [0.15, 0.2) is 0 Å². The van der Waals surface area contributed by atoms with Gasteiger partial charge in [0.05, 0.1) is 5.97 Å². The van der Waals surface area contributed by atoms with E-state index in [1.807, 2.05) is 30.3 Å². The van der Waals surface area contributed by atoms with Crippen molar-refractivity contribution in [2.75, 3.05) is 6.54 Å². The third-order valence-electron chi connectivity index (χ3n) is 3.05. The maximum absolute atomic E-state index is 10.9. The fourth-order valence-electron chi connectivity index (χ4n) is 1.91. The van der Waals surface area contributed by atoms with Gasteiger partial charge in [0.2, 0.25) is 0 Å². The highest BCUT2D eigenvalue weighted by atomic mass is 35.5. The minimum atomic E-state index is -1.16. The summed E-state index contributed by atoms with van der Waals surface area (Å²) in [5.74, 6) is -1.25. The number of hydrogen-bond acceptors (Lipinski definition) is 4. The fraction of sp³-hybridized carbons (Fsp3) is 0.188. The Morgan fingerprint density at radius 2 is 1.71 bits per heavy atom. The summed E-state index contributed by atoms with van der Waals surface area (Å²) in [6.45, 7) is 0.494. The van der Waals surface area contributed by atoms with Gasteiger partial charge in [-0.3, -0.25) is 0 Å². The van der Waals surface area contributed by atoms with Crippen molar-refractivity contribution in [1.29, 1.82) is 0 Å². The first-order valence-corrected chi connectivity index (χ1v) is 6.38. The van der Waals surface area contributed by atoms with E-state index in [0.717, 1.165) is 5.56 Å². The number of carboxylic acid groups (broad SMARTS) is 1. The first-order valence-electron chi connectivity index (χ1n) is 6.38. The number of ether oxygens (including phenoxy) is 1. The van der Waals surface area contributed by atoms with E-state index in [-0.39, 0.29) is 19.0 Å². The molecule has 4 nitrogen and oxygen atoms in total. The maximum atomic E-state index is 10.9. The van der Waals surface area contributed by atoms with Crippen LogP contribution in [0.5, 0.6) is 5.75 Å². The lowest BCUT2D eigenvalue weighted by molar-refractivity contribution is -0.307. The van der Waals surface area contributed by atoms with Crippen LogP contribution in [0, 0.1) is 0 Å². The molecule has 112 valence electrons. The number of carboxylic acids is 1. The molecular weight excluding hydrogens is 290 g/mol. The number of halogens is 1. The quantitative estimate of drug-likeness (QED) is 0.877. The predicted molar refractivity (Wildman–Crippen MR) is 81.3 cm³/mol. The molecule has 2 N–H and O–H groups in total. The molecule has 0 amide bonds. The summed E-state index contributed by atoms with van der Waals surface area (Å²) in [7, 11) is 0. The monoisotopic (exact) mass is 306 g/mol. The van der Waals surface area contributed by atoms with Gasteiger partial charge in [-0.25, -0.2) is 0 Å². The molecule has 0 saturated heterocycles. The Balaban J connectivity index is 0.00000220. The lowest BCUT2D eigenvalue weighted by Crippen LogP contribution is -2.34. The van der Waals surface area contributed by atoms with Gasteiger partial charge in [-0.2, -0.15) is 0 Å². The highest BCUT2D eigenvalue weighted by molar-refractivity contribution is 5.85. The summed E-state index contributed by atoms with van der Waals surface area (Å²) < 4.78 is 5.63. The number of nitrogens with two attached hydrogens (primary N) is 1. The molecule has 0 aromatic heterocycles. The Morgan fingerprint density at radius 1 is 1.10 bits per heavy atom. The van der Waals surface area contributed by atoms with E-state index in [2.05, 4.69) is 0 Å². The molecule has 0 spiro atoms. The average molecular weight is 307 g/mol. The maximum Gasteiger partial charge on any atom is 0.119 e. The molecule has 2 aromatic carbocycles. The smallest absolute Gasteiger partial charge is 0.119 e. The molecule has 1 unspecified atom stereocenters. The zero-order valence-electron chi connectivity index (χ0n) is 11.4. The minimum absolute atomic E-state index is 0. The highest BCUT2D eigenvalue weighted by Gasteiger charge is 2.10. The van der Waals surface area contributed by atoms with Gasteiger partial charge in [0, 0.05) is 12.5 Å². The van der Waals surface area contributed by atoms with Crippen molar-refractivity contribution in [3.63, 3.8) is 0 Å². The fourth-order valence-corrected chi connectivity index (χ4v) is 1.91. The van der Waals surface area contributed by atoms with Gasteiger partial charge < -0.3 is 20.4 Å². The standard InChI is InChI=1S/C16H17NO3.ClH/c17-10-15(16(18)19)13-6-8-14(9-7-13)20-11-12-4-2-1-3-5-12;/h1-9,15H,10-11,17H2,(H,18,19);1H/p-1. The van der Waals surface area contributed by atoms with Crippen LogP contribution in [0.25, 0.3) is 0 Å². The molecule has 0 aliphatic heterocycles. The lowest BCUT2D eigenvalue weighted by Gasteiger charge is -2.16. The Bertz CT molecular complexity index is 557. The molecule has 0 aliphatic carbocycles. The molecule has 2 rings (SSSR count). The Kier molecular flexibility index (Phi) is 6.72. The van der Waals surface area contributed by atoms with Gasteiger partial charge in [-0.15, -0.1) is 12.4 Å². The molecule has 0 heterocycles. The van der Waals surface area contributed by atoms with Crippen LogP contribution in [0.1, 0.15) is 17.0 Å². The molecule has 0 aliphatic rings. The van der Waals surface area contributed by atoms with E-state index in [9.17, 15) is 9.90 Å². The van der Waals surface area contributed by atoms with Crippen LogP contribution in [0.2, 0.25) is 0 Å². The second-order valence-corrected chi connectivity index (χ2v) is 4.45. The molecule has 0 saturated carbocycles. The van der Waals surface area contributed by atoms with Gasteiger partial charge in [-0.05, 0) is 23.3 Å². The number of carbonyl (C=O) groups excluding carboxylic acids is 1. The first kappa shape index (κ1) is 17.0. The van der Waals surface area contributed by atoms with Crippen LogP contribution in [0.3, 0.4) is 0 Å². The van der Waals surface area contributed by atoms with Crippen molar-refractivity contribution in [2.45, 2.75) is 12.5 Å². The summed E-state index contributed by atoms with van der Waals surface area (Å²) in [5, 5.41) is 10.9. The normalized spacial score (nSPS) is 11.3. The minimum Gasteiger partial charge on any atom is -0.549 e. The van der Waals surface area contributed by atoms with E-state index in [0.29, 0.717) is 17.9 Å². The van der Waals surface area contributed by atoms with Gasteiger partial charge in [0.25, 0.3) is 0 Å². The zero-order valence-corrected chi connectivity index (χ0v) is 12.2. The van der Waals surface area contributed by atoms with Crippen LogP contribution < -0.4 is 15.6 Å². The van der Waals surface area contributed by atoms with Crippen LogP contribution in [0.15, 0.2) is 54.6 Å². The number of aliphatic carboxylic acids is 1. The van der Waals surface area contributed by atoms with Gasteiger partial charge >= 0.3 is 0 Å². The molecule has 0 fully saturated rings. The number of carbonyl (C=O) groups is 1. The first-order chi connectivity index (χ1) is 9.70. The van der Waals surface area contributed by atoms with Crippen LogP contribution >= 0.6 is 12.4 Å². The van der Waals surface area contributed by atoms with Crippen LogP contribution in [-0.4, -0.2) is 12.5 Å². The summed E-state index contributed by atoms with van der Waals surface area (Å²) in [6.07, 6.45) is 0. The zero-order chi connectivity index (χ0) is 14.4. The molecule has 5 heteroatoms. The number of hydrogen-bond donors (Lipinski definition) is 1. The molecule has 21 heavy (non-hydrogen) atoms. The van der Waals surface area contributed by atoms with Crippen LogP contribution in [-0.2, 0) is 11.4 Å². The van der Waals surface area contributed by atoms with Gasteiger partial charge in [-0.1, -0.05) is 42.5 Å². The van der Waals surface area contributed by atoms with E-state index in [1.165, 1.54) is 0 Å². The summed E-state index contributed by atoms with van der Waals surface area (Å²) in [5.41, 5.74) is 7.13. The average Bonchev–Trinajstić information content (AvgIpc) is 2.48. The summed E-state index contributed by atoms with van der Waals surface area (Å²) >= 11 is 0. The summed E-state index contributed by atoms with van der Waals surface area (Å²) in [4.78, 5) is 10.9. The summed E-state index contributed by atoms with van der Waals surface area (Å²) in [6, 6.07) is 16.7. The lowest BCUT2D eigenvalue weighted by atomic mass is 9.99. The molecule has 0 radical (unpaired) electrons. The third-order valence-corrected chi connectivity index (χ3v) is 3.05. The van der Waals surface area contributed by atoms with Crippen LogP contribution in [0.4, 0.5) is 0 Å². The second kappa shape index (κ2) is 8.29. The Morgan fingerprint density at radius 3 is 2.24 bits per heavy atom. The molecular formula is C16H17ClNO3-. The molecule has 0 bridgehead atoms. The van der Waals surface area contributed by atoms with E-state index >= 15 is 0 Å². The largest absolute Gasteiger partial charge is 0.549 e. The van der Waals surface area contributed by atoms with E-state index in [1.54, 1.807) is 24.3 Å². The topological polar surface area (TPSA) is 75.4 Å². The SMILES string of the molecule is Cl.NCC(C(=O)[O-])c1ccc(OCc2ccccc2)cc1. The van der Waals surface area contributed by atoms with Crippen molar-refractivity contribution in [3.8, 4) is 5.75 Å². The molecule has 1 atom stereocenters. The predicted octanol–water partition coefficient (Wildman–Crippen LogP) is 1.48. The van der Waals surface area contributed by atoms with Crippen molar-refractivity contribution in [3.05, 3.63) is 65.7 Å². The highest BCUT2D eigenvalue weighted by Crippen LogP contribution is 2.19. The van der Waals surface area contributed by atoms with Gasteiger partial charge in [0.1, 0.15) is 12.4 Å². The van der Waals surface area contributed by atoms with Crippen molar-refractivity contribution in [2.24, 2.45) is 5.73 Å². The Hall–Kier alpha value is -2.04. The van der Waals surface area contributed by atoms with Crippen molar-refractivity contribution in [1.82, 2.24) is 0 Å². The van der Waals surface area contributed by atoms with E-state index in [4.69, 9.17) is 10.5 Å². The van der Waals surface area contributed by atoms with E-state index < -0.39 is 11.9 Å². The second-order valence-electron chi connectivity index (χ2n) is 4.45. The number of rotatable bonds is 6. The third kappa shape index (κ3) is 4.77. The number of benzene rings is 2.